The third-order valence-corrected chi connectivity index (χ3v) is 3.86. The third-order valence-electron chi connectivity index (χ3n) is 3.86. The predicted octanol–water partition coefficient (Wildman–Crippen LogP) is 1.25. The normalized spacial score (nSPS) is 16.7. The molecular formula is C17H16FN3O3. The molecule has 2 N–H and O–H groups in total. The van der Waals surface area contributed by atoms with Crippen molar-refractivity contribution in [2.45, 2.75) is 25.4 Å². The first-order valence-corrected chi connectivity index (χ1v) is 7.57. The second kappa shape index (κ2) is 6.66. The van der Waals surface area contributed by atoms with Gasteiger partial charge in [-0.25, -0.2) is 4.39 Å². The quantitative estimate of drug-likeness (QED) is 0.886. The molecule has 24 heavy (non-hydrogen) atoms. The summed E-state index contributed by atoms with van der Waals surface area (Å²) in [4.78, 5) is 35.7. The lowest BCUT2D eigenvalue weighted by Gasteiger charge is -2.12. The SMILES string of the molecule is O=C1CC[C@@H](C(=O)Nc2cccn(Cc3ccc(F)cc3)c2=O)N1. The monoisotopic (exact) mass is 329 g/mol. The Morgan fingerprint density at radius 1 is 1.25 bits per heavy atom. The first-order chi connectivity index (χ1) is 11.5. The number of pyridine rings is 1. The number of benzene rings is 1. The van der Waals surface area contributed by atoms with E-state index in [1.165, 1.54) is 22.8 Å². The van der Waals surface area contributed by atoms with Crippen molar-refractivity contribution >= 4 is 17.5 Å². The van der Waals surface area contributed by atoms with E-state index in [1.54, 1.807) is 24.4 Å². The van der Waals surface area contributed by atoms with Gasteiger partial charge in [-0.1, -0.05) is 12.1 Å². The number of hydrogen-bond acceptors (Lipinski definition) is 3. The van der Waals surface area contributed by atoms with Gasteiger partial charge in [0.15, 0.2) is 0 Å². The van der Waals surface area contributed by atoms with Gasteiger partial charge in [0.2, 0.25) is 11.8 Å². The summed E-state index contributed by atoms with van der Waals surface area (Å²) in [6.45, 7) is 0.267. The Bertz CT molecular complexity index is 830. The van der Waals surface area contributed by atoms with Crippen molar-refractivity contribution in [3.8, 4) is 0 Å². The lowest BCUT2D eigenvalue weighted by Crippen LogP contribution is -2.38. The molecule has 1 atom stereocenters. The molecule has 1 aliphatic rings. The van der Waals surface area contributed by atoms with E-state index >= 15 is 0 Å². The molecule has 0 radical (unpaired) electrons. The van der Waals surface area contributed by atoms with E-state index in [2.05, 4.69) is 10.6 Å². The zero-order valence-electron chi connectivity index (χ0n) is 12.8. The lowest BCUT2D eigenvalue weighted by molar-refractivity contribution is -0.122. The summed E-state index contributed by atoms with van der Waals surface area (Å²) in [6.07, 6.45) is 2.32. The average Bonchev–Trinajstić information content (AvgIpc) is 3.00. The molecule has 3 rings (SSSR count). The van der Waals surface area contributed by atoms with Crippen LogP contribution in [-0.2, 0) is 16.1 Å². The molecule has 1 aromatic carbocycles. The number of aromatic nitrogens is 1. The molecule has 7 heteroatoms. The highest BCUT2D eigenvalue weighted by atomic mass is 19.1. The van der Waals surface area contributed by atoms with E-state index in [1.807, 2.05) is 0 Å². The minimum absolute atomic E-state index is 0.144. The van der Waals surface area contributed by atoms with Crippen LogP contribution >= 0.6 is 0 Å². The van der Waals surface area contributed by atoms with Crippen molar-refractivity contribution in [1.82, 2.24) is 9.88 Å². The van der Waals surface area contributed by atoms with Crippen LogP contribution in [-0.4, -0.2) is 22.4 Å². The van der Waals surface area contributed by atoms with E-state index in [0.29, 0.717) is 12.8 Å². The van der Waals surface area contributed by atoms with Gasteiger partial charge in [-0.05, 0) is 36.2 Å². The number of carbonyl (C=O) groups excluding carboxylic acids is 2. The number of carbonyl (C=O) groups is 2. The number of rotatable bonds is 4. The Morgan fingerprint density at radius 2 is 2.00 bits per heavy atom. The molecule has 2 aromatic rings. The van der Waals surface area contributed by atoms with Crippen molar-refractivity contribution in [2.24, 2.45) is 0 Å². The Kier molecular flexibility index (Phi) is 4.41. The first-order valence-electron chi connectivity index (χ1n) is 7.57. The molecule has 1 aliphatic heterocycles. The van der Waals surface area contributed by atoms with Crippen LogP contribution in [0.4, 0.5) is 10.1 Å². The molecule has 1 saturated heterocycles. The molecular weight excluding hydrogens is 313 g/mol. The zero-order valence-corrected chi connectivity index (χ0v) is 12.8. The predicted molar refractivity (Wildman–Crippen MR) is 86.0 cm³/mol. The number of hydrogen-bond donors (Lipinski definition) is 2. The largest absolute Gasteiger partial charge is 0.344 e. The Balaban J connectivity index is 1.75. The van der Waals surface area contributed by atoms with E-state index < -0.39 is 11.9 Å². The second-order valence-corrected chi connectivity index (χ2v) is 5.63. The Morgan fingerprint density at radius 3 is 2.67 bits per heavy atom. The van der Waals surface area contributed by atoms with Gasteiger partial charge in [0.1, 0.15) is 17.5 Å². The summed E-state index contributed by atoms with van der Waals surface area (Å²) in [5, 5.41) is 5.12. The maximum atomic E-state index is 12.9. The van der Waals surface area contributed by atoms with Crippen LogP contribution in [0.3, 0.4) is 0 Å². The smallest absolute Gasteiger partial charge is 0.274 e. The molecule has 0 spiro atoms. The van der Waals surface area contributed by atoms with E-state index in [-0.39, 0.29) is 29.5 Å². The van der Waals surface area contributed by atoms with Gasteiger partial charge >= 0.3 is 0 Å². The highest BCUT2D eigenvalue weighted by Gasteiger charge is 2.27. The molecule has 1 aromatic heterocycles. The molecule has 6 nitrogen and oxygen atoms in total. The van der Waals surface area contributed by atoms with Crippen LogP contribution in [0, 0.1) is 5.82 Å². The molecule has 0 aliphatic carbocycles. The molecule has 124 valence electrons. The molecule has 0 bridgehead atoms. The van der Waals surface area contributed by atoms with Gasteiger partial charge in [-0.15, -0.1) is 0 Å². The fraction of sp³-hybridized carbons (Fsp3) is 0.235. The van der Waals surface area contributed by atoms with Gasteiger partial charge in [-0.2, -0.15) is 0 Å². The lowest BCUT2D eigenvalue weighted by atomic mass is 10.2. The fourth-order valence-electron chi connectivity index (χ4n) is 2.57. The van der Waals surface area contributed by atoms with E-state index in [0.717, 1.165) is 5.56 Å². The maximum absolute atomic E-state index is 12.9. The number of nitrogens with one attached hydrogen (secondary N) is 2. The summed E-state index contributed by atoms with van der Waals surface area (Å²) in [7, 11) is 0. The van der Waals surface area contributed by atoms with Crippen LogP contribution in [0.1, 0.15) is 18.4 Å². The first kappa shape index (κ1) is 15.9. The standard InChI is InChI=1S/C17H16FN3O3/c18-12-5-3-11(4-6-12)10-21-9-1-2-14(17(21)24)20-16(23)13-7-8-15(22)19-13/h1-6,9,13H,7-8,10H2,(H,19,22)(H,20,23)/t13-/m0/s1. The highest BCUT2D eigenvalue weighted by molar-refractivity contribution is 5.98. The third kappa shape index (κ3) is 3.51. The van der Waals surface area contributed by atoms with Crippen molar-refractivity contribution in [3.05, 3.63) is 64.3 Å². The topological polar surface area (TPSA) is 80.2 Å². The van der Waals surface area contributed by atoms with Crippen molar-refractivity contribution < 1.29 is 14.0 Å². The highest BCUT2D eigenvalue weighted by Crippen LogP contribution is 2.10. The van der Waals surface area contributed by atoms with Gasteiger partial charge in [0.05, 0.1) is 6.54 Å². The van der Waals surface area contributed by atoms with E-state index in [4.69, 9.17) is 0 Å². The second-order valence-electron chi connectivity index (χ2n) is 5.63. The average molecular weight is 329 g/mol. The number of amides is 2. The van der Waals surface area contributed by atoms with Crippen LogP contribution in [0.2, 0.25) is 0 Å². The van der Waals surface area contributed by atoms with Crippen molar-refractivity contribution in [3.63, 3.8) is 0 Å². The van der Waals surface area contributed by atoms with Crippen LogP contribution < -0.4 is 16.2 Å². The minimum atomic E-state index is -0.609. The van der Waals surface area contributed by atoms with Crippen molar-refractivity contribution in [2.75, 3.05) is 5.32 Å². The molecule has 2 heterocycles. The van der Waals surface area contributed by atoms with Crippen LogP contribution in [0.5, 0.6) is 0 Å². The zero-order chi connectivity index (χ0) is 17.1. The number of halogens is 1. The Labute approximate surface area is 137 Å². The van der Waals surface area contributed by atoms with Gasteiger partial charge in [0, 0.05) is 12.6 Å². The molecule has 2 amide bonds. The van der Waals surface area contributed by atoms with E-state index in [9.17, 15) is 18.8 Å². The van der Waals surface area contributed by atoms with Gasteiger partial charge in [-0.3, -0.25) is 14.4 Å². The molecule has 1 fully saturated rings. The summed E-state index contributed by atoms with van der Waals surface area (Å²) < 4.78 is 14.4. The van der Waals surface area contributed by atoms with Gasteiger partial charge in [0.25, 0.3) is 5.56 Å². The number of anilines is 1. The minimum Gasteiger partial charge on any atom is -0.344 e. The summed E-state index contributed by atoms with van der Waals surface area (Å²) >= 11 is 0. The van der Waals surface area contributed by atoms with Crippen LogP contribution in [0.25, 0.3) is 0 Å². The number of nitrogens with zero attached hydrogens (tertiary/aromatic N) is 1. The fourth-order valence-corrected chi connectivity index (χ4v) is 2.57. The van der Waals surface area contributed by atoms with Gasteiger partial charge < -0.3 is 15.2 Å². The summed E-state index contributed by atoms with van der Waals surface area (Å²) in [6, 6.07) is 8.40. The summed E-state index contributed by atoms with van der Waals surface area (Å²) in [5.74, 6) is -0.917. The van der Waals surface area contributed by atoms with Crippen molar-refractivity contribution in [1.29, 1.82) is 0 Å². The Hall–Kier alpha value is -2.96. The maximum Gasteiger partial charge on any atom is 0.274 e. The molecule has 0 saturated carbocycles. The molecule has 0 unspecified atom stereocenters. The van der Waals surface area contributed by atoms with Crippen LogP contribution in [0.15, 0.2) is 47.4 Å². The summed E-state index contributed by atoms with van der Waals surface area (Å²) in [5.41, 5.74) is 0.551.